The Kier molecular flexibility index (Phi) is 4.46. The van der Waals surface area contributed by atoms with E-state index in [0.29, 0.717) is 16.7 Å². The molecule has 5 heteroatoms. The zero-order chi connectivity index (χ0) is 15.5. The van der Waals surface area contributed by atoms with Crippen molar-refractivity contribution in [2.24, 2.45) is 5.41 Å². The van der Waals surface area contributed by atoms with Crippen LogP contribution in [0.3, 0.4) is 0 Å². The quantitative estimate of drug-likeness (QED) is 0.512. The van der Waals surface area contributed by atoms with Crippen LogP contribution in [-0.2, 0) is 0 Å². The number of nitriles is 1. The van der Waals surface area contributed by atoms with Gasteiger partial charge in [-0.15, -0.1) is 0 Å². The van der Waals surface area contributed by atoms with Crippen LogP contribution < -0.4 is 5.32 Å². The minimum atomic E-state index is -0.427. The van der Waals surface area contributed by atoms with Gasteiger partial charge in [-0.3, -0.25) is 10.1 Å². The maximum absolute atomic E-state index is 11.2. The summed E-state index contributed by atoms with van der Waals surface area (Å²) in [6, 6.07) is 6.81. The van der Waals surface area contributed by atoms with Gasteiger partial charge < -0.3 is 5.32 Å². The Bertz CT molecular complexity index is 575. The summed E-state index contributed by atoms with van der Waals surface area (Å²) in [5, 5.41) is 23.3. The van der Waals surface area contributed by atoms with Gasteiger partial charge in [-0.05, 0) is 43.2 Å². The number of nitrogens with one attached hydrogen (secondary N) is 1. The van der Waals surface area contributed by atoms with Crippen LogP contribution in [0.1, 0.15) is 51.5 Å². The SMILES string of the molecule is CC1(C)CCCC(Nc2ccc(C#N)cc2[N+](=O)[O-])CC1. The van der Waals surface area contributed by atoms with Crippen LogP contribution in [-0.4, -0.2) is 11.0 Å². The van der Waals surface area contributed by atoms with Gasteiger partial charge in [0.1, 0.15) is 5.69 Å². The van der Waals surface area contributed by atoms with Crippen molar-refractivity contribution in [2.75, 3.05) is 5.32 Å². The van der Waals surface area contributed by atoms with E-state index in [9.17, 15) is 10.1 Å². The first kappa shape index (κ1) is 15.3. The zero-order valence-corrected chi connectivity index (χ0v) is 12.6. The van der Waals surface area contributed by atoms with Gasteiger partial charge >= 0.3 is 0 Å². The van der Waals surface area contributed by atoms with Crippen LogP contribution in [0.15, 0.2) is 18.2 Å². The number of hydrogen-bond donors (Lipinski definition) is 1. The number of anilines is 1. The van der Waals surface area contributed by atoms with Gasteiger partial charge in [-0.1, -0.05) is 20.3 Å². The Morgan fingerprint density at radius 2 is 2.14 bits per heavy atom. The lowest BCUT2D eigenvalue weighted by Crippen LogP contribution is -2.20. The zero-order valence-electron chi connectivity index (χ0n) is 12.6. The van der Waals surface area contributed by atoms with Crippen molar-refractivity contribution in [1.29, 1.82) is 5.26 Å². The number of nitrogens with zero attached hydrogens (tertiary/aromatic N) is 2. The maximum Gasteiger partial charge on any atom is 0.293 e. The summed E-state index contributed by atoms with van der Waals surface area (Å²) in [7, 11) is 0. The number of benzene rings is 1. The van der Waals surface area contributed by atoms with E-state index in [0.717, 1.165) is 25.7 Å². The summed E-state index contributed by atoms with van der Waals surface area (Å²) < 4.78 is 0. The standard InChI is InChI=1S/C16H21N3O2/c1-16(2)8-3-4-13(7-9-16)18-14-6-5-12(11-17)10-15(14)19(20)21/h5-6,10,13,18H,3-4,7-9H2,1-2H3. The van der Waals surface area contributed by atoms with Crippen LogP contribution in [0.25, 0.3) is 0 Å². The van der Waals surface area contributed by atoms with Gasteiger partial charge in [-0.25, -0.2) is 0 Å². The molecule has 1 N–H and O–H groups in total. The van der Waals surface area contributed by atoms with E-state index in [2.05, 4.69) is 19.2 Å². The van der Waals surface area contributed by atoms with Crippen LogP contribution in [0.4, 0.5) is 11.4 Å². The first-order chi connectivity index (χ1) is 9.91. The lowest BCUT2D eigenvalue weighted by molar-refractivity contribution is -0.384. The molecule has 1 unspecified atom stereocenters. The van der Waals surface area contributed by atoms with Gasteiger partial charge in [-0.2, -0.15) is 5.26 Å². The molecule has 0 saturated heterocycles. The van der Waals surface area contributed by atoms with Crippen molar-refractivity contribution >= 4 is 11.4 Å². The van der Waals surface area contributed by atoms with Gasteiger partial charge in [0.25, 0.3) is 5.69 Å². The lowest BCUT2D eigenvalue weighted by atomic mass is 9.85. The van der Waals surface area contributed by atoms with Crippen LogP contribution in [0.2, 0.25) is 0 Å². The smallest absolute Gasteiger partial charge is 0.293 e. The third-order valence-electron chi connectivity index (χ3n) is 4.26. The normalized spacial score (nSPS) is 21.1. The average molecular weight is 287 g/mol. The molecule has 0 spiro atoms. The van der Waals surface area contributed by atoms with Crippen molar-refractivity contribution in [1.82, 2.24) is 0 Å². The number of nitro groups is 1. The highest BCUT2D eigenvalue weighted by Crippen LogP contribution is 2.35. The van der Waals surface area contributed by atoms with Gasteiger partial charge in [0.05, 0.1) is 16.6 Å². The van der Waals surface area contributed by atoms with E-state index in [1.165, 1.54) is 12.5 Å². The molecule has 1 aliphatic rings. The highest BCUT2D eigenvalue weighted by Gasteiger charge is 2.25. The first-order valence-electron chi connectivity index (χ1n) is 7.36. The molecular weight excluding hydrogens is 266 g/mol. The predicted octanol–water partition coefficient (Wildman–Crippen LogP) is 4.24. The molecule has 5 nitrogen and oxygen atoms in total. The summed E-state index contributed by atoms with van der Waals surface area (Å²) in [6.45, 7) is 4.55. The summed E-state index contributed by atoms with van der Waals surface area (Å²) in [5.41, 5.74) is 1.17. The molecule has 1 aromatic carbocycles. The highest BCUT2D eigenvalue weighted by atomic mass is 16.6. The summed E-state index contributed by atoms with van der Waals surface area (Å²) >= 11 is 0. The summed E-state index contributed by atoms with van der Waals surface area (Å²) in [6.07, 6.45) is 5.49. The fourth-order valence-corrected chi connectivity index (χ4v) is 2.90. The van der Waals surface area contributed by atoms with Gasteiger partial charge in [0, 0.05) is 12.1 Å². The molecule has 1 aromatic rings. The van der Waals surface area contributed by atoms with Crippen molar-refractivity contribution < 1.29 is 4.92 Å². The first-order valence-corrected chi connectivity index (χ1v) is 7.36. The third kappa shape index (κ3) is 3.94. The Balaban J connectivity index is 2.16. The molecule has 0 bridgehead atoms. The molecule has 0 heterocycles. The highest BCUT2D eigenvalue weighted by molar-refractivity contribution is 5.64. The fraction of sp³-hybridized carbons (Fsp3) is 0.562. The molecular formula is C16H21N3O2. The largest absolute Gasteiger partial charge is 0.377 e. The minimum Gasteiger partial charge on any atom is -0.377 e. The molecule has 21 heavy (non-hydrogen) atoms. The lowest BCUT2D eigenvalue weighted by Gasteiger charge is -2.22. The molecule has 1 aliphatic carbocycles. The van der Waals surface area contributed by atoms with Crippen molar-refractivity contribution in [3.05, 3.63) is 33.9 Å². The second-order valence-corrected chi connectivity index (χ2v) is 6.54. The summed E-state index contributed by atoms with van der Waals surface area (Å²) in [5.74, 6) is 0. The average Bonchev–Trinajstić information content (AvgIpc) is 2.60. The molecule has 0 amide bonds. The Hall–Kier alpha value is -2.09. The fourth-order valence-electron chi connectivity index (χ4n) is 2.90. The molecule has 0 aliphatic heterocycles. The molecule has 0 radical (unpaired) electrons. The number of hydrogen-bond acceptors (Lipinski definition) is 4. The van der Waals surface area contributed by atoms with Gasteiger partial charge in [0.2, 0.25) is 0 Å². The molecule has 1 saturated carbocycles. The molecule has 2 rings (SSSR count). The van der Waals surface area contributed by atoms with E-state index in [-0.39, 0.29) is 11.7 Å². The molecule has 1 fully saturated rings. The van der Waals surface area contributed by atoms with Crippen molar-refractivity contribution in [2.45, 2.75) is 52.0 Å². The predicted molar refractivity (Wildman–Crippen MR) is 82.1 cm³/mol. The van der Waals surface area contributed by atoms with Crippen LogP contribution in [0, 0.1) is 26.9 Å². The number of nitro benzene ring substituents is 1. The Morgan fingerprint density at radius 1 is 1.38 bits per heavy atom. The van der Waals surface area contributed by atoms with Crippen molar-refractivity contribution in [3.8, 4) is 6.07 Å². The topological polar surface area (TPSA) is 79.0 Å². The Morgan fingerprint density at radius 3 is 2.81 bits per heavy atom. The maximum atomic E-state index is 11.2. The van der Waals surface area contributed by atoms with E-state index in [1.54, 1.807) is 12.1 Å². The van der Waals surface area contributed by atoms with Crippen LogP contribution in [0.5, 0.6) is 0 Å². The number of rotatable bonds is 3. The third-order valence-corrected chi connectivity index (χ3v) is 4.26. The molecule has 0 aromatic heterocycles. The molecule has 1 atom stereocenters. The van der Waals surface area contributed by atoms with E-state index < -0.39 is 4.92 Å². The minimum absolute atomic E-state index is 0.0162. The van der Waals surface area contributed by atoms with Crippen LogP contribution >= 0.6 is 0 Å². The second kappa shape index (κ2) is 6.13. The monoisotopic (exact) mass is 287 g/mol. The van der Waals surface area contributed by atoms with E-state index in [1.807, 2.05) is 6.07 Å². The summed E-state index contributed by atoms with van der Waals surface area (Å²) in [4.78, 5) is 10.7. The van der Waals surface area contributed by atoms with E-state index in [4.69, 9.17) is 5.26 Å². The Labute approximate surface area is 125 Å². The van der Waals surface area contributed by atoms with Gasteiger partial charge in [0.15, 0.2) is 0 Å². The second-order valence-electron chi connectivity index (χ2n) is 6.54. The van der Waals surface area contributed by atoms with E-state index >= 15 is 0 Å². The van der Waals surface area contributed by atoms with Crippen molar-refractivity contribution in [3.63, 3.8) is 0 Å². The molecule has 112 valence electrons.